The fourth-order valence-corrected chi connectivity index (χ4v) is 2.53. The Morgan fingerprint density at radius 2 is 1.63 bits per heavy atom. The number of benzene rings is 2. The largest absolute Gasteiger partial charge is 0.494 e. The Morgan fingerprint density at radius 1 is 0.963 bits per heavy atom. The van der Waals surface area contributed by atoms with Crippen molar-refractivity contribution < 1.29 is 14.3 Å². The van der Waals surface area contributed by atoms with Crippen molar-refractivity contribution in [2.75, 3.05) is 30.6 Å². The molecule has 0 saturated carbocycles. The first-order valence-corrected chi connectivity index (χ1v) is 8.22. The number of carbonyl (C=O) groups excluding carboxylic acids is 1. The zero-order valence-electron chi connectivity index (χ0n) is 15.0. The first-order valence-electron chi connectivity index (χ1n) is 8.22. The lowest BCUT2D eigenvalue weighted by atomic mass is 10.2. The van der Waals surface area contributed by atoms with Crippen molar-refractivity contribution in [1.82, 2.24) is 4.98 Å². The summed E-state index contributed by atoms with van der Waals surface area (Å²) in [4.78, 5) is 16.7. The van der Waals surface area contributed by atoms with Gasteiger partial charge in [-0.25, -0.2) is 4.98 Å². The van der Waals surface area contributed by atoms with Crippen molar-refractivity contribution in [2.45, 2.75) is 0 Å². The van der Waals surface area contributed by atoms with E-state index in [1.807, 2.05) is 6.07 Å². The highest BCUT2D eigenvalue weighted by Gasteiger charge is 2.15. The zero-order chi connectivity index (χ0) is 19.2. The Labute approximate surface area is 157 Å². The van der Waals surface area contributed by atoms with E-state index >= 15 is 0 Å². The molecule has 0 fully saturated rings. The van der Waals surface area contributed by atoms with Crippen LogP contribution in [0.2, 0.25) is 0 Å². The van der Waals surface area contributed by atoms with Gasteiger partial charge in [0.05, 0.1) is 31.3 Å². The second-order valence-corrected chi connectivity index (χ2v) is 5.64. The molecule has 7 nitrogen and oxygen atoms in total. The summed E-state index contributed by atoms with van der Waals surface area (Å²) in [5, 5.41) is 5.97. The van der Waals surface area contributed by atoms with Crippen LogP contribution in [0.25, 0.3) is 0 Å². The summed E-state index contributed by atoms with van der Waals surface area (Å²) < 4.78 is 10.9. The van der Waals surface area contributed by atoms with E-state index in [0.29, 0.717) is 39.9 Å². The molecule has 0 aliphatic rings. The van der Waals surface area contributed by atoms with Crippen molar-refractivity contribution in [1.29, 1.82) is 0 Å². The minimum atomic E-state index is -0.245. The number of anilines is 4. The summed E-state index contributed by atoms with van der Waals surface area (Å²) in [5.74, 6) is 1.23. The van der Waals surface area contributed by atoms with Crippen LogP contribution in [-0.2, 0) is 0 Å². The Bertz CT molecular complexity index is 945. The lowest BCUT2D eigenvalue weighted by Crippen LogP contribution is -2.13. The Morgan fingerprint density at radius 3 is 2.30 bits per heavy atom. The second-order valence-electron chi connectivity index (χ2n) is 5.64. The minimum absolute atomic E-state index is 0.245. The third-order valence-electron chi connectivity index (χ3n) is 3.90. The molecule has 0 unspecified atom stereocenters. The zero-order valence-corrected chi connectivity index (χ0v) is 15.0. The smallest absolute Gasteiger partial charge is 0.255 e. The normalized spacial score (nSPS) is 10.1. The van der Waals surface area contributed by atoms with E-state index in [4.69, 9.17) is 15.2 Å². The number of amides is 1. The van der Waals surface area contributed by atoms with E-state index in [0.717, 1.165) is 0 Å². The third kappa shape index (κ3) is 4.09. The molecule has 0 radical (unpaired) electrons. The van der Waals surface area contributed by atoms with Crippen molar-refractivity contribution in [3.63, 3.8) is 0 Å². The van der Waals surface area contributed by atoms with E-state index in [1.165, 1.54) is 14.2 Å². The van der Waals surface area contributed by atoms with Gasteiger partial charge in [0.1, 0.15) is 11.5 Å². The van der Waals surface area contributed by atoms with Crippen molar-refractivity contribution in [3.8, 4) is 11.5 Å². The number of pyridine rings is 1. The Kier molecular flexibility index (Phi) is 5.41. The molecule has 138 valence electrons. The average molecular weight is 364 g/mol. The van der Waals surface area contributed by atoms with Gasteiger partial charge in [-0.05, 0) is 24.3 Å². The van der Waals surface area contributed by atoms with Crippen LogP contribution in [0.3, 0.4) is 0 Å². The summed E-state index contributed by atoms with van der Waals surface area (Å²) in [6, 6.07) is 15.8. The van der Waals surface area contributed by atoms with Crippen molar-refractivity contribution in [3.05, 3.63) is 66.4 Å². The average Bonchev–Trinajstić information content (AvgIpc) is 2.71. The SMILES string of the molecule is COc1cc(Nc2ncccc2N)c(OC)cc1NC(=O)c1ccccc1. The van der Waals surface area contributed by atoms with E-state index in [1.54, 1.807) is 54.7 Å². The van der Waals surface area contributed by atoms with Crippen LogP contribution in [0, 0.1) is 0 Å². The van der Waals surface area contributed by atoms with Crippen molar-refractivity contribution in [2.24, 2.45) is 0 Å². The molecule has 0 bridgehead atoms. The maximum atomic E-state index is 12.5. The molecular weight excluding hydrogens is 344 g/mol. The molecule has 27 heavy (non-hydrogen) atoms. The molecule has 0 aliphatic carbocycles. The predicted molar refractivity (Wildman–Crippen MR) is 106 cm³/mol. The van der Waals surface area contributed by atoms with Crippen LogP contribution in [0.1, 0.15) is 10.4 Å². The number of nitrogen functional groups attached to an aromatic ring is 1. The monoisotopic (exact) mass is 364 g/mol. The molecule has 0 aliphatic heterocycles. The van der Waals surface area contributed by atoms with E-state index < -0.39 is 0 Å². The molecule has 1 heterocycles. The van der Waals surface area contributed by atoms with E-state index in [-0.39, 0.29) is 5.91 Å². The topological polar surface area (TPSA) is 98.5 Å². The van der Waals surface area contributed by atoms with E-state index in [9.17, 15) is 4.79 Å². The lowest BCUT2D eigenvalue weighted by Gasteiger charge is -2.17. The van der Waals surface area contributed by atoms with Gasteiger partial charge < -0.3 is 25.8 Å². The van der Waals surface area contributed by atoms with Crippen molar-refractivity contribution >= 4 is 28.8 Å². The van der Waals surface area contributed by atoms with Gasteiger partial charge in [0.2, 0.25) is 0 Å². The molecule has 7 heteroatoms. The van der Waals surface area contributed by atoms with Crippen LogP contribution in [0.4, 0.5) is 22.9 Å². The number of rotatable bonds is 6. The number of ether oxygens (including phenoxy) is 2. The summed E-state index contributed by atoms with van der Waals surface area (Å²) in [5.41, 5.74) is 8.08. The molecule has 0 saturated heterocycles. The number of hydrogen-bond donors (Lipinski definition) is 3. The molecule has 3 rings (SSSR count). The number of methoxy groups -OCH3 is 2. The summed E-state index contributed by atoms with van der Waals surface area (Å²) in [6.45, 7) is 0. The quantitative estimate of drug-likeness (QED) is 0.617. The van der Waals surface area contributed by atoms with Gasteiger partial charge >= 0.3 is 0 Å². The summed E-state index contributed by atoms with van der Waals surface area (Å²) in [6.07, 6.45) is 1.64. The third-order valence-corrected chi connectivity index (χ3v) is 3.90. The number of carbonyl (C=O) groups is 1. The van der Waals surface area contributed by atoms with Crippen LogP contribution in [0.5, 0.6) is 11.5 Å². The number of nitrogens with zero attached hydrogens (tertiary/aromatic N) is 1. The maximum absolute atomic E-state index is 12.5. The molecule has 2 aromatic carbocycles. The maximum Gasteiger partial charge on any atom is 0.255 e. The fourth-order valence-electron chi connectivity index (χ4n) is 2.53. The van der Waals surface area contributed by atoms with Gasteiger partial charge in [0.25, 0.3) is 5.91 Å². The highest BCUT2D eigenvalue weighted by molar-refractivity contribution is 6.05. The molecule has 0 spiro atoms. The van der Waals surface area contributed by atoms with Gasteiger partial charge in [-0.3, -0.25) is 4.79 Å². The van der Waals surface area contributed by atoms with E-state index in [2.05, 4.69) is 15.6 Å². The second kappa shape index (κ2) is 8.09. The van der Waals surface area contributed by atoms with Crippen LogP contribution < -0.4 is 25.8 Å². The fraction of sp³-hybridized carbons (Fsp3) is 0.100. The first-order chi connectivity index (χ1) is 13.1. The number of hydrogen-bond acceptors (Lipinski definition) is 6. The van der Waals surface area contributed by atoms with Gasteiger partial charge in [0, 0.05) is 23.9 Å². The number of aromatic nitrogens is 1. The van der Waals surface area contributed by atoms with Gasteiger partial charge in [-0.2, -0.15) is 0 Å². The highest BCUT2D eigenvalue weighted by atomic mass is 16.5. The van der Waals surface area contributed by atoms with Crippen LogP contribution in [-0.4, -0.2) is 25.1 Å². The predicted octanol–water partition coefficient (Wildman–Crippen LogP) is 3.68. The molecule has 1 aromatic heterocycles. The Hall–Kier alpha value is -3.74. The minimum Gasteiger partial charge on any atom is -0.494 e. The molecule has 0 atom stereocenters. The van der Waals surface area contributed by atoms with Crippen LogP contribution in [0.15, 0.2) is 60.8 Å². The van der Waals surface area contributed by atoms with Crippen LogP contribution >= 0.6 is 0 Å². The summed E-state index contributed by atoms with van der Waals surface area (Å²) in [7, 11) is 3.07. The molecule has 1 amide bonds. The molecule has 4 N–H and O–H groups in total. The number of nitrogens with one attached hydrogen (secondary N) is 2. The standard InChI is InChI=1S/C20H20N4O3/c1-26-17-12-16(24-20(25)13-7-4-3-5-8-13)18(27-2)11-15(17)23-19-14(21)9-6-10-22-19/h3-12H,21H2,1-2H3,(H,22,23)(H,24,25). The van der Waals surface area contributed by atoms with Gasteiger partial charge in [0.15, 0.2) is 5.82 Å². The molecule has 3 aromatic rings. The molecular formula is C20H20N4O3. The Balaban J connectivity index is 1.92. The van der Waals surface area contributed by atoms with Gasteiger partial charge in [-0.15, -0.1) is 0 Å². The summed E-state index contributed by atoms with van der Waals surface area (Å²) >= 11 is 0. The highest BCUT2D eigenvalue weighted by Crippen LogP contribution is 2.38. The first kappa shape index (κ1) is 18.1. The number of nitrogens with two attached hydrogens (primary N) is 1. The van der Waals surface area contributed by atoms with Gasteiger partial charge in [-0.1, -0.05) is 18.2 Å². The lowest BCUT2D eigenvalue weighted by molar-refractivity contribution is 0.102.